The van der Waals surface area contributed by atoms with Gasteiger partial charge in [0.05, 0.1) is 0 Å². The van der Waals surface area contributed by atoms with Crippen molar-refractivity contribution >= 4 is 16.8 Å². The van der Waals surface area contributed by atoms with E-state index in [-0.39, 0.29) is 5.24 Å². The quantitative estimate of drug-likeness (QED) is 0.438. The first kappa shape index (κ1) is 14.9. The molecule has 0 aromatic rings. The number of carbonyl (C=O) groups excluding carboxylic acids is 1. The van der Waals surface area contributed by atoms with Crippen molar-refractivity contribution in [3.63, 3.8) is 0 Å². The summed E-state index contributed by atoms with van der Waals surface area (Å²) in [6.45, 7) is 0.326. The molecule has 0 unspecified atom stereocenters. The van der Waals surface area contributed by atoms with Crippen LogP contribution >= 0.6 is 11.6 Å². The van der Waals surface area contributed by atoms with Crippen LogP contribution in [0.2, 0.25) is 0 Å². The SMILES string of the molecule is O=C(Cl)CCCCCCCCCCCO. The standard InChI is InChI=1S/C12H23ClO2/c13-12(15)10-8-6-4-2-1-3-5-7-9-11-14/h14H,1-11H2. The topological polar surface area (TPSA) is 37.3 Å². The molecular formula is C12H23ClO2. The molecule has 0 aromatic carbocycles. The van der Waals surface area contributed by atoms with Gasteiger partial charge < -0.3 is 5.11 Å². The number of aliphatic hydroxyl groups excluding tert-OH is 1. The fraction of sp³-hybridized carbons (Fsp3) is 0.917. The van der Waals surface area contributed by atoms with E-state index < -0.39 is 0 Å². The maximum absolute atomic E-state index is 10.4. The molecule has 0 aliphatic heterocycles. The highest BCUT2D eigenvalue weighted by Gasteiger charge is 1.96. The minimum absolute atomic E-state index is 0.209. The third-order valence-electron chi connectivity index (χ3n) is 2.53. The van der Waals surface area contributed by atoms with E-state index in [1.54, 1.807) is 0 Å². The fourth-order valence-corrected chi connectivity index (χ4v) is 1.75. The lowest BCUT2D eigenvalue weighted by Crippen LogP contribution is -1.87. The predicted octanol–water partition coefficient (Wildman–Crippen LogP) is 3.65. The zero-order chi connectivity index (χ0) is 11.4. The van der Waals surface area contributed by atoms with Gasteiger partial charge in [-0.3, -0.25) is 4.79 Å². The highest BCUT2D eigenvalue weighted by atomic mass is 35.5. The smallest absolute Gasteiger partial charge is 0.221 e. The number of carbonyl (C=O) groups is 1. The number of unbranched alkanes of at least 4 members (excludes halogenated alkanes) is 8. The van der Waals surface area contributed by atoms with E-state index in [0.29, 0.717) is 13.0 Å². The molecule has 0 saturated heterocycles. The van der Waals surface area contributed by atoms with Crippen LogP contribution in [0, 0.1) is 0 Å². The van der Waals surface area contributed by atoms with Crippen LogP contribution in [-0.2, 0) is 4.79 Å². The molecule has 0 aliphatic carbocycles. The molecule has 0 radical (unpaired) electrons. The van der Waals surface area contributed by atoms with Crippen LogP contribution < -0.4 is 0 Å². The Morgan fingerprint density at radius 1 is 0.800 bits per heavy atom. The third kappa shape index (κ3) is 13.9. The van der Waals surface area contributed by atoms with Crippen molar-refractivity contribution in [1.29, 1.82) is 0 Å². The van der Waals surface area contributed by atoms with E-state index in [1.807, 2.05) is 0 Å². The van der Waals surface area contributed by atoms with Crippen LogP contribution in [0.15, 0.2) is 0 Å². The monoisotopic (exact) mass is 234 g/mol. The number of aliphatic hydroxyl groups is 1. The summed E-state index contributed by atoms with van der Waals surface area (Å²) in [5, 5.41) is 8.36. The molecule has 2 nitrogen and oxygen atoms in total. The largest absolute Gasteiger partial charge is 0.396 e. The summed E-state index contributed by atoms with van der Waals surface area (Å²) in [6.07, 6.45) is 10.9. The summed E-state index contributed by atoms with van der Waals surface area (Å²) < 4.78 is 0. The molecule has 0 rings (SSSR count). The van der Waals surface area contributed by atoms with Crippen molar-refractivity contribution in [2.45, 2.75) is 64.2 Å². The molecule has 0 atom stereocenters. The van der Waals surface area contributed by atoms with Crippen molar-refractivity contribution < 1.29 is 9.90 Å². The first-order chi connectivity index (χ1) is 7.27. The summed E-state index contributed by atoms with van der Waals surface area (Å²) in [5.41, 5.74) is 0. The van der Waals surface area contributed by atoms with Crippen LogP contribution in [0.3, 0.4) is 0 Å². The lowest BCUT2D eigenvalue weighted by Gasteiger charge is -2.00. The normalized spacial score (nSPS) is 10.5. The molecule has 0 amide bonds. The zero-order valence-electron chi connectivity index (χ0n) is 9.51. The third-order valence-corrected chi connectivity index (χ3v) is 2.72. The van der Waals surface area contributed by atoms with Gasteiger partial charge in [0.15, 0.2) is 0 Å². The average molecular weight is 235 g/mol. The van der Waals surface area contributed by atoms with Gasteiger partial charge in [0.1, 0.15) is 0 Å². The van der Waals surface area contributed by atoms with E-state index in [1.165, 1.54) is 32.1 Å². The molecule has 0 aromatic heterocycles. The Kier molecular flexibility index (Phi) is 11.9. The van der Waals surface area contributed by atoms with Gasteiger partial charge >= 0.3 is 0 Å². The van der Waals surface area contributed by atoms with Crippen LogP contribution in [0.1, 0.15) is 64.2 Å². The van der Waals surface area contributed by atoms with Crippen molar-refractivity contribution in [1.82, 2.24) is 0 Å². The minimum atomic E-state index is -0.209. The van der Waals surface area contributed by atoms with Crippen LogP contribution in [-0.4, -0.2) is 17.0 Å². The van der Waals surface area contributed by atoms with Crippen molar-refractivity contribution in [2.24, 2.45) is 0 Å². The van der Waals surface area contributed by atoms with E-state index in [0.717, 1.165) is 25.7 Å². The summed E-state index contributed by atoms with van der Waals surface area (Å²) in [5.74, 6) is 0. The van der Waals surface area contributed by atoms with Crippen molar-refractivity contribution in [3.8, 4) is 0 Å². The first-order valence-electron chi connectivity index (χ1n) is 6.06. The Hall–Kier alpha value is -0.0800. The van der Waals surface area contributed by atoms with Crippen LogP contribution in [0.5, 0.6) is 0 Å². The Morgan fingerprint density at radius 2 is 1.20 bits per heavy atom. The Labute approximate surface area is 98.0 Å². The highest BCUT2D eigenvalue weighted by molar-refractivity contribution is 6.63. The van der Waals surface area contributed by atoms with E-state index in [2.05, 4.69) is 0 Å². The van der Waals surface area contributed by atoms with E-state index in [9.17, 15) is 4.79 Å². The zero-order valence-corrected chi connectivity index (χ0v) is 10.3. The van der Waals surface area contributed by atoms with E-state index in [4.69, 9.17) is 16.7 Å². The van der Waals surface area contributed by atoms with Gasteiger partial charge in [-0.1, -0.05) is 44.9 Å². The Balaban J connectivity index is 2.89. The molecule has 90 valence electrons. The van der Waals surface area contributed by atoms with Crippen LogP contribution in [0.4, 0.5) is 0 Å². The molecule has 3 heteroatoms. The maximum atomic E-state index is 10.4. The first-order valence-corrected chi connectivity index (χ1v) is 6.44. The summed E-state index contributed by atoms with van der Waals surface area (Å²) >= 11 is 5.23. The van der Waals surface area contributed by atoms with Gasteiger partial charge in [-0.2, -0.15) is 0 Å². The molecule has 0 saturated carbocycles. The summed E-state index contributed by atoms with van der Waals surface area (Å²) in [6, 6.07) is 0. The second-order valence-electron chi connectivity index (χ2n) is 4.01. The van der Waals surface area contributed by atoms with Gasteiger partial charge in [-0.05, 0) is 24.4 Å². The van der Waals surface area contributed by atoms with Crippen molar-refractivity contribution in [3.05, 3.63) is 0 Å². The number of hydrogen-bond acceptors (Lipinski definition) is 2. The highest BCUT2D eigenvalue weighted by Crippen LogP contribution is 2.10. The van der Waals surface area contributed by atoms with Gasteiger partial charge in [0.2, 0.25) is 5.24 Å². The van der Waals surface area contributed by atoms with Crippen molar-refractivity contribution in [2.75, 3.05) is 6.61 Å². The molecule has 0 bridgehead atoms. The van der Waals surface area contributed by atoms with Gasteiger partial charge in [-0.15, -0.1) is 0 Å². The molecular weight excluding hydrogens is 212 g/mol. The molecule has 0 aliphatic rings. The Morgan fingerprint density at radius 3 is 1.60 bits per heavy atom. The fourth-order valence-electron chi connectivity index (χ4n) is 1.61. The molecule has 0 fully saturated rings. The second kappa shape index (κ2) is 12.0. The molecule has 0 heterocycles. The lowest BCUT2D eigenvalue weighted by molar-refractivity contribution is -0.111. The van der Waals surface area contributed by atoms with Gasteiger partial charge in [0, 0.05) is 13.0 Å². The van der Waals surface area contributed by atoms with Gasteiger partial charge in [0.25, 0.3) is 0 Å². The maximum Gasteiger partial charge on any atom is 0.221 e. The second-order valence-corrected chi connectivity index (χ2v) is 4.43. The number of rotatable bonds is 11. The van der Waals surface area contributed by atoms with Gasteiger partial charge in [-0.25, -0.2) is 0 Å². The number of halogens is 1. The minimum Gasteiger partial charge on any atom is -0.396 e. The van der Waals surface area contributed by atoms with E-state index >= 15 is 0 Å². The van der Waals surface area contributed by atoms with Crippen LogP contribution in [0.25, 0.3) is 0 Å². The molecule has 0 spiro atoms. The number of hydrogen-bond donors (Lipinski definition) is 1. The summed E-state index contributed by atoms with van der Waals surface area (Å²) in [4.78, 5) is 10.4. The molecule has 15 heavy (non-hydrogen) atoms. The average Bonchev–Trinajstić information content (AvgIpc) is 2.20. The summed E-state index contributed by atoms with van der Waals surface area (Å²) in [7, 11) is 0. The Bertz CT molecular complexity index is 149. The predicted molar refractivity (Wildman–Crippen MR) is 64.1 cm³/mol. The lowest BCUT2D eigenvalue weighted by atomic mass is 10.1. The molecule has 1 N–H and O–H groups in total.